The zero-order chi connectivity index (χ0) is 13.3. The van der Waals surface area contributed by atoms with Gasteiger partial charge < -0.3 is 0 Å². The minimum atomic E-state index is -0.782. The fourth-order valence-electron chi connectivity index (χ4n) is 2.34. The molecule has 0 amide bonds. The average molecular weight is 277 g/mol. The first kappa shape index (κ1) is 13.6. The molecule has 0 heterocycles. The van der Waals surface area contributed by atoms with Gasteiger partial charge in [-0.1, -0.05) is 47.6 Å². The molecule has 0 N–H and O–H groups in total. The Hall–Kier alpha value is -0.840. The van der Waals surface area contributed by atoms with Gasteiger partial charge in [0.25, 0.3) is 0 Å². The first-order chi connectivity index (χ1) is 8.52. The summed E-state index contributed by atoms with van der Waals surface area (Å²) in [6, 6.07) is 12.8. The molecule has 0 bridgehead atoms. The van der Waals surface area contributed by atoms with Crippen LogP contribution in [-0.4, -0.2) is 0 Å². The van der Waals surface area contributed by atoms with E-state index < -0.39 is 7.27 Å². The summed E-state index contributed by atoms with van der Waals surface area (Å²) in [4.78, 5) is 0. The zero-order valence-electron chi connectivity index (χ0n) is 11.3. The summed E-state index contributed by atoms with van der Waals surface area (Å²) in [7, 11) is -0.782. The summed E-state index contributed by atoms with van der Waals surface area (Å²) in [6.07, 6.45) is 0. The first-order valence-electron chi connectivity index (χ1n) is 6.10. The Bertz CT molecular complexity index is 483. The van der Waals surface area contributed by atoms with Gasteiger partial charge >= 0.3 is 0 Å². The molecule has 0 saturated carbocycles. The molecule has 0 aromatic heterocycles. The van der Waals surface area contributed by atoms with Gasteiger partial charge in [-0.2, -0.15) is 0 Å². The van der Waals surface area contributed by atoms with Gasteiger partial charge in [-0.25, -0.2) is 0 Å². The van der Waals surface area contributed by atoms with E-state index in [-0.39, 0.29) is 0 Å². The molecule has 2 heteroatoms. The van der Waals surface area contributed by atoms with Crippen LogP contribution in [0.25, 0.3) is 0 Å². The minimum Gasteiger partial charge on any atom is -0.0858 e. The third kappa shape index (κ3) is 2.46. The number of halogens is 1. The summed E-state index contributed by atoms with van der Waals surface area (Å²) in [5, 5.41) is 2.62. The van der Waals surface area contributed by atoms with Gasteiger partial charge in [-0.05, 0) is 49.9 Å². The van der Waals surface area contributed by atoms with Crippen LogP contribution in [0.2, 0.25) is 0 Å². The molecule has 0 atom stereocenters. The maximum absolute atomic E-state index is 6.82. The van der Waals surface area contributed by atoms with Gasteiger partial charge in [0.2, 0.25) is 0 Å². The van der Waals surface area contributed by atoms with Crippen LogP contribution in [0.1, 0.15) is 22.3 Å². The molecule has 0 saturated heterocycles. The Balaban J connectivity index is 2.58. The van der Waals surface area contributed by atoms with Crippen LogP contribution >= 0.6 is 18.5 Å². The molecule has 0 unspecified atom stereocenters. The predicted molar refractivity (Wildman–Crippen MR) is 83.9 cm³/mol. The fourth-order valence-corrected chi connectivity index (χ4v) is 5.70. The molecule has 2 rings (SSSR count). The second-order valence-corrected chi connectivity index (χ2v) is 7.23. The van der Waals surface area contributed by atoms with Crippen molar-refractivity contribution in [2.75, 3.05) is 0 Å². The highest BCUT2D eigenvalue weighted by molar-refractivity contribution is 7.95. The average Bonchev–Trinajstić information content (AvgIpc) is 2.28. The lowest BCUT2D eigenvalue weighted by Crippen LogP contribution is -2.18. The van der Waals surface area contributed by atoms with Crippen molar-refractivity contribution in [1.82, 2.24) is 0 Å². The molecular formula is C16H18ClP. The second-order valence-electron chi connectivity index (χ2n) is 4.76. The topological polar surface area (TPSA) is 0 Å². The quantitative estimate of drug-likeness (QED) is 0.708. The van der Waals surface area contributed by atoms with E-state index in [2.05, 4.69) is 64.1 Å². The van der Waals surface area contributed by atoms with E-state index >= 15 is 0 Å². The van der Waals surface area contributed by atoms with Crippen molar-refractivity contribution in [2.45, 2.75) is 27.7 Å². The lowest BCUT2D eigenvalue weighted by Gasteiger charge is -2.19. The molecule has 0 aliphatic carbocycles. The van der Waals surface area contributed by atoms with Gasteiger partial charge in [-0.3, -0.25) is 0 Å². The summed E-state index contributed by atoms with van der Waals surface area (Å²) >= 11 is 6.82. The number of benzene rings is 2. The lowest BCUT2D eigenvalue weighted by molar-refractivity contribution is 1.42. The Morgan fingerprint density at radius 3 is 1.22 bits per heavy atom. The predicted octanol–water partition coefficient (Wildman–Crippen LogP) is 4.51. The summed E-state index contributed by atoms with van der Waals surface area (Å²) in [6.45, 7) is 8.59. The van der Waals surface area contributed by atoms with E-state index in [1.54, 1.807) is 0 Å². The smallest absolute Gasteiger partial charge is 0.0534 e. The van der Waals surface area contributed by atoms with E-state index in [1.165, 1.54) is 32.9 Å². The molecule has 0 fully saturated rings. The number of hydrogen-bond acceptors (Lipinski definition) is 0. The standard InChI is InChI=1S/C16H18ClP/c1-11-7-5-8-12(2)15(11)18(17)16-13(3)9-6-10-14(16)4/h5-10H,1-4H3. The molecule has 18 heavy (non-hydrogen) atoms. The molecule has 2 aromatic carbocycles. The maximum atomic E-state index is 6.82. The zero-order valence-corrected chi connectivity index (χ0v) is 12.9. The number of hydrogen-bond donors (Lipinski definition) is 0. The van der Waals surface area contributed by atoms with Crippen LogP contribution in [0.4, 0.5) is 0 Å². The van der Waals surface area contributed by atoms with Crippen molar-refractivity contribution in [3.63, 3.8) is 0 Å². The number of aryl methyl sites for hydroxylation is 4. The van der Waals surface area contributed by atoms with Crippen molar-refractivity contribution in [3.05, 3.63) is 58.7 Å². The lowest BCUT2D eigenvalue weighted by atomic mass is 10.1. The summed E-state index contributed by atoms with van der Waals surface area (Å²) < 4.78 is 0. The SMILES string of the molecule is Cc1cccc(C)c1P(Cl)c1c(C)cccc1C. The van der Waals surface area contributed by atoms with Crippen LogP contribution in [0, 0.1) is 27.7 Å². The Labute approximate surface area is 116 Å². The van der Waals surface area contributed by atoms with E-state index in [9.17, 15) is 0 Å². The Kier molecular flexibility index (Phi) is 4.10. The molecule has 0 aliphatic rings. The van der Waals surface area contributed by atoms with Crippen LogP contribution in [-0.2, 0) is 0 Å². The fraction of sp³-hybridized carbons (Fsp3) is 0.250. The molecular weight excluding hydrogens is 259 g/mol. The normalized spacial score (nSPS) is 11.0. The first-order valence-corrected chi connectivity index (χ1v) is 8.35. The van der Waals surface area contributed by atoms with Crippen LogP contribution in [0.15, 0.2) is 36.4 Å². The van der Waals surface area contributed by atoms with Crippen molar-refractivity contribution in [2.24, 2.45) is 0 Å². The van der Waals surface area contributed by atoms with E-state index in [1.807, 2.05) is 0 Å². The van der Waals surface area contributed by atoms with Crippen molar-refractivity contribution in [3.8, 4) is 0 Å². The van der Waals surface area contributed by atoms with Gasteiger partial charge in [0, 0.05) is 10.6 Å². The largest absolute Gasteiger partial charge is 0.0858 e. The third-order valence-electron chi connectivity index (χ3n) is 3.27. The maximum Gasteiger partial charge on any atom is 0.0534 e. The third-order valence-corrected chi connectivity index (χ3v) is 6.48. The van der Waals surface area contributed by atoms with E-state index in [0.717, 1.165) is 0 Å². The Morgan fingerprint density at radius 2 is 0.944 bits per heavy atom. The van der Waals surface area contributed by atoms with E-state index in [0.29, 0.717) is 0 Å². The van der Waals surface area contributed by atoms with Crippen LogP contribution < -0.4 is 10.6 Å². The van der Waals surface area contributed by atoms with Crippen molar-refractivity contribution < 1.29 is 0 Å². The van der Waals surface area contributed by atoms with Crippen molar-refractivity contribution in [1.29, 1.82) is 0 Å². The molecule has 94 valence electrons. The van der Waals surface area contributed by atoms with Gasteiger partial charge in [0.1, 0.15) is 0 Å². The van der Waals surface area contributed by atoms with Crippen LogP contribution in [0.3, 0.4) is 0 Å². The van der Waals surface area contributed by atoms with Crippen LogP contribution in [0.5, 0.6) is 0 Å². The highest BCUT2D eigenvalue weighted by Crippen LogP contribution is 2.43. The monoisotopic (exact) mass is 276 g/mol. The number of rotatable bonds is 2. The van der Waals surface area contributed by atoms with E-state index in [4.69, 9.17) is 11.2 Å². The Morgan fingerprint density at radius 1 is 0.667 bits per heavy atom. The molecule has 0 nitrogen and oxygen atoms in total. The highest BCUT2D eigenvalue weighted by Gasteiger charge is 2.18. The van der Waals surface area contributed by atoms with Gasteiger partial charge in [0.05, 0.1) is 7.27 Å². The molecule has 0 spiro atoms. The van der Waals surface area contributed by atoms with Crippen molar-refractivity contribution >= 4 is 29.1 Å². The molecule has 0 aliphatic heterocycles. The van der Waals surface area contributed by atoms with Gasteiger partial charge in [0.15, 0.2) is 0 Å². The second kappa shape index (κ2) is 5.43. The molecule has 2 aromatic rings. The van der Waals surface area contributed by atoms with Gasteiger partial charge in [-0.15, -0.1) is 0 Å². The summed E-state index contributed by atoms with van der Waals surface area (Å²) in [5.41, 5.74) is 5.16. The minimum absolute atomic E-state index is 0.782. The highest BCUT2D eigenvalue weighted by atomic mass is 35.7. The molecule has 0 radical (unpaired) electrons. The summed E-state index contributed by atoms with van der Waals surface area (Å²) in [5.74, 6) is 0.